The Balaban J connectivity index is 1.51. The number of hydrogen-bond acceptors (Lipinski definition) is 4. The zero-order valence-corrected chi connectivity index (χ0v) is 15.9. The number of aromatic nitrogens is 3. The second-order valence-corrected chi connectivity index (χ2v) is 7.41. The van der Waals surface area contributed by atoms with Gasteiger partial charge in [-0.2, -0.15) is 5.10 Å². The minimum atomic E-state index is 0.0701. The van der Waals surface area contributed by atoms with Crippen molar-refractivity contribution in [2.24, 2.45) is 13.0 Å². The van der Waals surface area contributed by atoms with Crippen molar-refractivity contribution in [3.05, 3.63) is 47.5 Å². The van der Waals surface area contributed by atoms with Crippen molar-refractivity contribution in [1.82, 2.24) is 19.7 Å². The van der Waals surface area contributed by atoms with E-state index in [4.69, 9.17) is 4.74 Å². The zero-order chi connectivity index (χ0) is 18.5. The number of carbonyl (C=O) groups excluding carboxylic acids is 1. The van der Waals surface area contributed by atoms with Gasteiger partial charge in [-0.1, -0.05) is 19.9 Å². The Kier molecular flexibility index (Phi) is 6.04. The third-order valence-electron chi connectivity index (χ3n) is 4.70. The second-order valence-electron chi connectivity index (χ2n) is 7.41. The first-order valence-electron chi connectivity index (χ1n) is 9.35. The maximum absolute atomic E-state index is 12.8. The zero-order valence-electron chi connectivity index (χ0n) is 15.9. The molecule has 140 valence electrons. The van der Waals surface area contributed by atoms with Crippen molar-refractivity contribution in [3.8, 4) is 0 Å². The molecule has 6 heteroatoms. The van der Waals surface area contributed by atoms with Gasteiger partial charge >= 0.3 is 0 Å². The Morgan fingerprint density at radius 2 is 2.12 bits per heavy atom. The summed E-state index contributed by atoms with van der Waals surface area (Å²) in [6, 6.07) is 5.87. The van der Waals surface area contributed by atoms with Gasteiger partial charge in [0, 0.05) is 32.5 Å². The van der Waals surface area contributed by atoms with Crippen LogP contribution < -0.4 is 0 Å². The number of amides is 1. The van der Waals surface area contributed by atoms with Crippen LogP contribution in [0.5, 0.6) is 0 Å². The topological polar surface area (TPSA) is 60.3 Å². The number of pyridine rings is 1. The molecule has 0 radical (unpaired) electrons. The van der Waals surface area contributed by atoms with Gasteiger partial charge in [0.2, 0.25) is 0 Å². The van der Waals surface area contributed by atoms with E-state index in [2.05, 4.69) is 23.9 Å². The first-order chi connectivity index (χ1) is 12.5. The fourth-order valence-electron chi connectivity index (χ4n) is 3.33. The van der Waals surface area contributed by atoms with Gasteiger partial charge in [-0.25, -0.2) is 0 Å². The van der Waals surface area contributed by atoms with Crippen LogP contribution in [0.1, 0.15) is 48.4 Å². The first kappa shape index (κ1) is 18.6. The first-order valence-corrected chi connectivity index (χ1v) is 9.35. The van der Waals surface area contributed by atoms with Gasteiger partial charge in [-0.05, 0) is 42.9 Å². The van der Waals surface area contributed by atoms with Gasteiger partial charge in [0.1, 0.15) is 5.69 Å². The molecule has 1 fully saturated rings. The molecule has 6 nitrogen and oxygen atoms in total. The van der Waals surface area contributed by atoms with Gasteiger partial charge in [-0.3, -0.25) is 14.5 Å². The highest BCUT2D eigenvalue weighted by molar-refractivity contribution is 5.92. The second kappa shape index (κ2) is 8.45. The summed E-state index contributed by atoms with van der Waals surface area (Å²) in [4.78, 5) is 18.8. The minimum absolute atomic E-state index is 0.0701. The van der Waals surface area contributed by atoms with Crippen molar-refractivity contribution in [3.63, 3.8) is 0 Å². The number of aryl methyl sites for hydroxylation is 1. The fraction of sp³-hybridized carbons (Fsp3) is 0.550. The standard InChI is InChI=1S/C20H28N4O2/c1-15(2)11-17-12-19(23(3)22-17)20(25)24-9-6-18(7-10-24)26-14-16-5-4-8-21-13-16/h4-5,8,12-13,15,18H,6-7,9-11,14H2,1-3H3. The molecule has 1 amide bonds. The summed E-state index contributed by atoms with van der Waals surface area (Å²) in [7, 11) is 1.85. The molecule has 3 rings (SSSR count). The van der Waals surface area contributed by atoms with Crippen LogP contribution in [-0.4, -0.2) is 44.8 Å². The van der Waals surface area contributed by atoms with E-state index in [1.807, 2.05) is 36.3 Å². The molecular weight excluding hydrogens is 328 g/mol. The van der Waals surface area contributed by atoms with E-state index in [1.165, 1.54) is 0 Å². The highest BCUT2D eigenvalue weighted by Gasteiger charge is 2.26. The fourth-order valence-corrected chi connectivity index (χ4v) is 3.33. The van der Waals surface area contributed by atoms with Crippen molar-refractivity contribution < 1.29 is 9.53 Å². The molecule has 26 heavy (non-hydrogen) atoms. The number of piperidine rings is 1. The largest absolute Gasteiger partial charge is 0.373 e. The van der Waals surface area contributed by atoms with Crippen LogP contribution in [-0.2, 0) is 24.8 Å². The summed E-state index contributed by atoms with van der Waals surface area (Å²) in [5, 5.41) is 4.48. The average Bonchev–Trinajstić information content (AvgIpc) is 3.00. The molecule has 0 aliphatic carbocycles. The maximum atomic E-state index is 12.8. The lowest BCUT2D eigenvalue weighted by Crippen LogP contribution is -2.41. The van der Waals surface area contributed by atoms with Crippen LogP contribution in [0.15, 0.2) is 30.6 Å². The van der Waals surface area contributed by atoms with Crippen molar-refractivity contribution in [2.75, 3.05) is 13.1 Å². The lowest BCUT2D eigenvalue weighted by Gasteiger charge is -2.31. The quantitative estimate of drug-likeness (QED) is 0.798. The van der Waals surface area contributed by atoms with Crippen LogP contribution >= 0.6 is 0 Å². The molecular formula is C20H28N4O2. The number of ether oxygens (including phenoxy) is 1. The normalized spacial score (nSPS) is 15.6. The molecule has 3 heterocycles. The average molecular weight is 356 g/mol. The smallest absolute Gasteiger partial charge is 0.272 e. The van der Waals surface area contributed by atoms with Crippen molar-refractivity contribution in [1.29, 1.82) is 0 Å². The Morgan fingerprint density at radius 3 is 2.77 bits per heavy atom. The number of carbonyl (C=O) groups is 1. The van der Waals surface area contributed by atoms with Crippen molar-refractivity contribution in [2.45, 2.75) is 45.8 Å². The molecule has 0 atom stereocenters. The van der Waals surface area contributed by atoms with Crippen LogP contribution in [0.4, 0.5) is 0 Å². The van der Waals surface area contributed by atoms with Crippen LogP contribution in [0.3, 0.4) is 0 Å². The van der Waals surface area contributed by atoms with Gasteiger partial charge in [-0.15, -0.1) is 0 Å². The van der Waals surface area contributed by atoms with E-state index in [9.17, 15) is 4.79 Å². The number of hydrogen-bond donors (Lipinski definition) is 0. The van der Waals surface area contributed by atoms with Gasteiger partial charge in [0.25, 0.3) is 5.91 Å². The molecule has 0 saturated carbocycles. The van der Waals surface area contributed by atoms with Crippen LogP contribution in [0.25, 0.3) is 0 Å². The third kappa shape index (κ3) is 4.69. The van der Waals surface area contributed by atoms with E-state index < -0.39 is 0 Å². The molecule has 1 aliphatic rings. The Bertz CT molecular complexity index is 719. The molecule has 0 bridgehead atoms. The minimum Gasteiger partial charge on any atom is -0.373 e. The van der Waals surface area contributed by atoms with Crippen molar-refractivity contribution >= 4 is 5.91 Å². The van der Waals surface area contributed by atoms with E-state index >= 15 is 0 Å². The van der Waals surface area contributed by atoms with Crippen LogP contribution in [0, 0.1) is 5.92 Å². The molecule has 1 aliphatic heterocycles. The van der Waals surface area contributed by atoms with Gasteiger partial charge in [0.05, 0.1) is 18.4 Å². The Morgan fingerprint density at radius 1 is 1.35 bits per heavy atom. The predicted molar refractivity (Wildman–Crippen MR) is 99.7 cm³/mol. The van der Waals surface area contributed by atoms with Gasteiger partial charge < -0.3 is 9.64 Å². The molecule has 0 N–H and O–H groups in total. The molecule has 2 aromatic heterocycles. The summed E-state index contributed by atoms with van der Waals surface area (Å²) >= 11 is 0. The number of rotatable bonds is 6. The predicted octanol–water partition coefficient (Wildman–Crippen LogP) is 2.84. The van der Waals surface area contributed by atoms with E-state index in [0.29, 0.717) is 18.2 Å². The SMILES string of the molecule is CC(C)Cc1cc(C(=O)N2CCC(OCc3cccnc3)CC2)n(C)n1. The monoisotopic (exact) mass is 356 g/mol. The number of nitrogens with zero attached hydrogens (tertiary/aromatic N) is 4. The maximum Gasteiger partial charge on any atom is 0.272 e. The lowest BCUT2D eigenvalue weighted by molar-refractivity contribution is -0.000698. The molecule has 0 spiro atoms. The summed E-state index contributed by atoms with van der Waals surface area (Å²) in [6.07, 6.45) is 6.41. The Labute approximate surface area is 155 Å². The van der Waals surface area contributed by atoms with E-state index in [-0.39, 0.29) is 12.0 Å². The lowest BCUT2D eigenvalue weighted by atomic mass is 10.1. The molecule has 2 aromatic rings. The highest BCUT2D eigenvalue weighted by atomic mass is 16.5. The summed E-state index contributed by atoms with van der Waals surface area (Å²) in [5.41, 5.74) is 2.74. The van der Waals surface area contributed by atoms with Gasteiger partial charge in [0.15, 0.2) is 0 Å². The van der Waals surface area contributed by atoms with E-state index in [1.54, 1.807) is 10.9 Å². The summed E-state index contributed by atoms with van der Waals surface area (Å²) in [5.74, 6) is 0.598. The number of likely N-dealkylation sites (tertiary alicyclic amines) is 1. The summed E-state index contributed by atoms with van der Waals surface area (Å²) < 4.78 is 7.69. The molecule has 1 saturated heterocycles. The van der Waals surface area contributed by atoms with Crippen LogP contribution in [0.2, 0.25) is 0 Å². The van der Waals surface area contributed by atoms with E-state index in [0.717, 1.165) is 43.6 Å². The third-order valence-corrected chi connectivity index (χ3v) is 4.70. The molecule has 0 aromatic carbocycles. The summed E-state index contributed by atoms with van der Waals surface area (Å²) in [6.45, 7) is 6.34. The highest BCUT2D eigenvalue weighted by Crippen LogP contribution is 2.18. The Hall–Kier alpha value is -2.21. The molecule has 0 unspecified atom stereocenters.